The second kappa shape index (κ2) is 4.81. The molecule has 0 bridgehead atoms. The van der Waals surface area contributed by atoms with Gasteiger partial charge in [0.15, 0.2) is 0 Å². The molecule has 2 rings (SSSR count). The number of nitrogens with zero attached hydrogens (tertiary/aromatic N) is 2. The molecule has 1 fully saturated rings. The minimum absolute atomic E-state index is 0.106. The molecule has 1 heterocycles. The van der Waals surface area contributed by atoms with Crippen molar-refractivity contribution in [3.05, 3.63) is 12.4 Å². The summed E-state index contributed by atoms with van der Waals surface area (Å²) < 4.78 is 27.1. The highest BCUT2D eigenvalue weighted by atomic mass is 32.2. The maximum Gasteiger partial charge on any atom is 0.244 e. The Morgan fingerprint density at radius 1 is 1.22 bits per heavy atom. The molecular formula is C11H18N4O2S. The van der Waals surface area contributed by atoms with E-state index in [0.29, 0.717) is 5.95 Å². The Morgan fingerprint density at radius 2 is 1.78 bits per heavy atom. The zero-order valence-corrected chi connectivity index (χ0v) is 11.4. The molecule has 1 saturated carbocycles. The Kier molecular flexibility index (Phi) is 3.54. The smallest absolute Gasteiger partial charge is 0.244 e. The van der Waals surface area contributed by atoms with Crippen molar-refractivity contribution in [2.45, 2.75) is 43.0 Å². The van der Waals surface area contributed by atoms with E-state index in [4.69, 9.17) is 0 Å². The van der Waals surface area contributed by atoms with Crippen LogP contribution in [0.2, 0.25) is 0 Å². The standard InChI is InChI=1S/C11H18N4O2S/c1-11(5-3-4-6-11)15-18(16,17)9-7-13-10(12-2)14-8-9/h7-8,15H,3-6H2,1-2H3,(H,12,13,14). The first kappa shape index (κ1) is 13.2. The molecule has 2 N–H and O–H groups in total. The van der Waals surface area contributed by atoms with Crippen LogP contribution in [0.5, 0.6) is 0 Å². The van der Waals surface area contributed by atoms with Crippen molar-refractivity contribution < 1.29 is 8.42 Å². The van der Waals surface area contributed by atoms with Gasteiger partial charge in [0, 0.05) is 12.6 Å². The summed E-state index contributed by atoms with van der Waals surface area (Å²) in [4.78, 5) is 7.94. The lowest BCUT2D eigenvalue weighted by Gasteiger charge is -2.24. The van der Waals surface area contributed by atoms with Crippen molar-refractivity contribution >= 4 is 16.0 Å². The second-order valence-corrected chi connectivity index (χ2v) is 6.55. The lowest BCUT2D eigenvalue weighted by atomic mass is 10.0. The van der Waals surface area contributed by atoms with Gasteiger partial charge in [0.25, 0.3) is 0 Å². The normalized spacial score (nSPS) is 18.8. The van der Waals surface area contributed by atoms with Crippen LogP contribution >= 0.6 is 0 Å². The van der Waals surface area contributed by atoms with E-state index in [9.17, 15) is 8.42 Å². The summed E-state index contributed by atoms with van der Waals surface area (Å²) in [6.07, 6.45) is 6.52. The van der Waals surface area contributed by atoms with Crippen LogP contribution in [0.3, 0.4) is 0 Å². The molecule has 1 aliphatic rings. The van der Waals surface area contributed by atoms with E-state index in [1.807, 2.05) is 6.92 Å². The first-order chi connectivity index (χ1) is 8.45. The first-order valence-electron chi connectivity index (χ1n) is 5.99. The van der Waals surface area contributed by atoms with Crippen molar-refractivity contribution in [2.75, 3.05) is 12.4 Å². The molecule has 0 atom stereocenters. The largest absolute Gasteiger partial charge is 0.357 e. The average Bonchev–Trinajstić information content (AvgIpc) is 2.75. The molecule has 100 valence electrons. The van der Waals surface area contributed by atoms with Gasteiger partial charge < -0.3 is 5.32 Å². The molecule has 0 aromatic carbocycles. The number of hydrogen-bond donors (Lipinski definition) is 2. The van der Waals surface area contributed by atoms with E-state index in [-0.39, 0.29) is 10.4 Å². The van der Waals surface area contributed by atoms with Crippen LogP contribution in [-0.2, 0) is 10.0 Å². The molecule has 0 aliphatic heterocycles. The summed E-state index contributed by atoms with van der Waals surface area (Å²) in [6, 6.07) is 0. The SMILES string of the molecule is CNc1ncc(S(=O)(=O)NC2(C)CCCC2)cn1. The predicted molar refractivity (Wildman–Crippen MR) is 68.8 cm³/mol. The third-order valence-corrected chi connectivity index (χ3v) is 4.84. The van der Waals surface area contributed by atoms with Crippen LogP contribution in [0.4, 0.5) is 5.95 Å². The van der Waals surface area contributed by atoms with Gasteiger partial charge in [0.2, 0.25) is 16.0 Å². The Bertz CT molecular complexity index is 506. The monoisotopic (exact) mass is 270 g/mol. The quantitative estimate of drug-likeness (QED) is 0.856. The Hall–Kier alpha value is -1.21. The second-order valence-electron chi connectivity index (χ2n) is 4.87. The van der Waals surface area contributed by atoms with Gasteiger partial charge in [-0.2, -0.15) is 0 Å². The van der Waals surface area contributed by atoms with Crippen LogP contribution in [0.25, 0.3) is 0 Å². The van der Waals surface area contributed by atoms with E-state index < -0.39 is 10.0 Å². The molecule has 7 heteroatoms. The van der Waals surface area contributed by atoms with Crippen LogP contribution in [0.15, 0.2) is 17.3 Å². The molecular weight excluding hydrogens is 252 g/mol. The molecule has 0 saturated heterocycles. The molecule has 0 radical (unpaired) electrons. The molecule has 18 heavy (non-hydrogen) atoms. The molecule has 1 aromatic heterocycles. The number of anilines is 1. The number of aromatic nitrogens is 2. The van der Waals surface area contributed by atoms with Crippen LogP contribution in [0.1, 0.15) is 32.6 Å². The maximum atomic E-state index is 12.2. The van der Waals surface area contributed by atoms with Crippen LogP contribution in [-0.4, -0.2) is 31.0 Å². The number of rotatable bonds is 4. The summed E-state index contributed by atoms with van der Waals surface area (Å²) in [6.45, 7) is 1.94. The Balaban J connectivity index is 2.19. The Morgan fingerprint density at radius 3 is 2.28 bits per heavy atom. The zero-order chi connectivity index (χ0) is 13.2. The van der Waals surface area contributed by atoms with Gasteiger partial charge in [-0.15, -0.1) is 0 Å². The summed E-state index contributed by atoms with van der Waals surface area (Å²) >= 11 is 0. The zero-order valence-electron chi connectivity index (χ0n) is 10.6. The van der Waals surface area contributed by atoms with Gasteiger partial charge in [-0.1, -0.05) is 12.8 Å². The van der Waals surface area contributed by atoms with E-state index >= 15 is 0 Å². The summed E-state index contributed by atoms with van der Waals surface area (Å²) in [5.74, 6) is 0.404. The molecule has 0 spiro atoms. The van der Waals surface area contributed by atoms with Gasteiger partial charge in [-0.25, -0.2) is 23.1 Å². The average molecular weight is 270 g/mol. The van der Waals surface area contributed by atoms with Crippen molar-refractivity contribution in [1.82, 2.24) is 14.7 Å². The van der Waals surface area contributed by atoms with Crippen molar-refractivity contribution in [3.8, 4) is 0 Å². The third kappa shape index (κ3) is 2.78. The lowest BCUT2D eigenvalue weighted by Crippen LogP contribution is -2.43. The van der Waals surface area contributed by atoms with Gasteiger partial charge in [-0.3, -0.25) is 0 Å². The molecule has 0 unspecified atom stereocenters. The predicted octanol–water partition coefficient (Wildman–Crippen LogP) is 1.13. The molecule has 0 amide bonds. The summed E-state index contributed by atoms with van der Waals surface area (Å²) in [7, 11) is -1.85. The highest BCUT2D eigenvalue weighted by Gasteiger charge is 2.33. The van der Waals surface area contributed by atoms with Crippen molar-refractivity contribution in [1.29, 1.82) is 0 Å². The minimum Gasteiger partial charge on any atom is -0.357 e. The van der Waals surface area contributed by atoms with Gasteiger partial charge in [0.05, 0.1) is 12.4 Å². The summed E-state index contributed by atoms with van der Waals surface area (Å²) in [5, 5.41) is 2.75. The van der Waals surface area contributed by atoms with Crippen LogP contribution < -0.4 is 10.0 Å². The Labute approximate surface area is 107 Å². The topological polar surface area (TPSA) is 84.0 Å². The van der Waals surface area contributed by atoms with Gasteiger partial charge >= 0.3 is 0 Å². The van der Waals surface area contributed by atoms with Gasteiger partial charge in [-0.05, 0) is 19.8 Å². The van der Waals surface area contributed by atoms with E-state index in [0.717, 1.165) is 25.7 Å². The first-order valence-corrected chi connectivity index (χ1v) is 7.47. The summed E-state index contributed by atoms with van der Waals surface area (Å²) in [5.41, 5.74) is -0.333. The fraction of sp³-hybridized carbons (Fsp3) is 0.636. The number of nitrogens with one attached hydrogen (secondary N) is 2. The minimum atomic E-state index is -3.53. The van der Waals surface area contributed by atoms with E-state index in [1.54, 1.807) is 7.05 Å². The molecule has 6 nitrogen and oxygen atoms in total. The number of hydrogen-bond acceptors (Lipinski definition) is 5. The highest BCUT2D eigenvalue weighted by Crippen LogP contribution is 2.30. The highest BCUT2D eigenvalue weighted by molar-refractivity contribution is 7.89. The van der Waals surface area contributed by atoms with Gasteiger partial charge in [0.1, 0.15) is 4.90 Å². The molecule has 1 aliphatic carbocycles. The van der Waals surface area contributed by atoms with Crippen molar-refractivity contribution in [2.24, 2.45) is 0 Å². The number of sulfonamides is 1. The van der Waals surface area contributed by atoms with Crippen molar-refractivity contribution in [3.63, 3.8) is 0 Å². The maximum absolute atomic E-state index is 12.2. The fourth-order valence-corrected chi connectivity index (χ4v) is 3.58. The third-order valence-electron chi connectivity index (χ3n) is 3.25. The lowest BCUT2D eigenvalue weighted by molar-refractivity contribution is 0.427. The van der Waals surface area contributed by atoms with E-state index in [2.05, 4.69) is 20.0 Å². The van der Waals surface area contributed by atoms with E-state index in [1.165, 1.54) is 12.4 Å². The fourth-order valence-electron chi connectivity index (χ4n) is 2.22. The molecule has 1 aromatic rings. The van der Waals surface area contributed by atoms with Crippen LogP contribution in [0, 0.1) is 0 Å².